The first-order valence-electron chi connectivity index (χ1n) is 7.14. The number of benzene rings is 1. The minimum atomic E-state index is -0.424. The Balaban J connectivity index is 2.42. The van der Waals surface area contributed by atoms with Crippen LogP contribution in [0.3, 0.4) is 0 Å². The molecule has 0 unspecified atom stereocenters. The van der Waals surface area contributed by atoms with Gasteiger partial charge in [0.15, 0.2) is 0 Å². The number of amides is 1. The molecule has 118 valence electrons. The molecule has 2 rings (SSSR count). The molecule has 1 aromatic carbocycles. The van der Waals surface area contributed by atoms with Gasteiger partial charge in [0.1, 0.15) is 12.2 Å². The lowest BCUT2D eigenvalue weighted by atomic mass is 9.86. The van der Waals surface area contributed by atoms with Crippen LogP contribution in [0.15, 0.2) is 33.5 Å². The average molecular weight is 303 g/mol. The standard InChI is InChI=1S/C17H21NO4/c1-17(2,3)12-5-6-14-13(8-12)11(7-16(20)22-14)9-18-15(19)10-21-4/h5-8H,9-10H2,1-4H3,(H,18,19). The summed E-state index contributed by atoms with van der Waals surface area (Å²) in [5.74, 6) is -0.226. The van der Waals surface area contributed by atoms with Crippen molar-refractivity contribution >= 4 is 16.9 Å². The second-order valence-corrected chi connectivity index (χ2v) is 6.26. The van der Waals surface area contributed by atoms with Crippen molar-refractivity contribution in [2.45, 2.75) is 32.7 Å². The zero-order valence-corrected chi connectivity index (χ0v) is 13.4. The van der Waals surface area contributed by atoms with Gasteiger partial charge in [-0.3, -0.25) is 4.79 Å². The van der Waals surface area contributed by atoms with Crippen LogP contribution in [0.5, 0.6) is 0 Å². The second kappa shape index (κ2) is 6.32. The van der Waals surface area contributed by atoms with Gasteiger partial charge in [-0.15, -0.1) is 0 Å². The molecule has 0 saturated carbocycles. The first-order chi connectivity index (χ1) is 10.3. The minimum Gasteiger partial charge on any atom is -0.423 e. The van der Waals surface area contributed by atoms with Crippen molar-refractivity contribution in [3.05, 3.63) is 45.8 Å². The largest absolute Gasteiger partial charge is 0.423 e. The van der Waals surface area contributed by atoms with Crippen LogP contribution in [0.25, 0.3) is 11.0 Å². The van der Waals surface area contributed by atoms with Crippen LogP contribution in [-0.2, 0) is 21.5 Å². The van der Waals surface area contributed by atoms with Crippen molar-refractivity contribution in [2.75, 3.05) is 13.7 Å². The molecule has 0 aliphatic rings. The van der Waals surface area contributed by atoms with E-state index in [1.54, 1.807) is 6.07 Å². The molecule has 2 aromatic rings. The predicted molar refractivity (Wildman–Crippen MR) is 84.9 cm³/mol. The maximum atomic E-state index is 11.7. The molecule has 1 N–H and O–H groups in total. The molecule has 1 aromatic heterocycles. The number of hydrogen-bond acceptors (Lipinski definition) is 4. The Bertz CT molecular complexity index is 740. The van der Waals surface area contributed by atoms with Gasteiger partial charge in [0.25, 0.3) is 0 Å². The number of methoxy groups -OCH3 is 1. The van der Waals surface area contributed by atoms with Crippen LogP contribution in [0.1, 0.15) is 31.9 Å². The van der Waals surface area contributed by atoms with E-state index in [1.807, 2.05) is 12.1 Å². The average Bonchev–Trinajstić information content (AvgIpc) is 2.43. The number of carbonyl (C=O) groups excluding carboxylic acids is 1. The molecule has 0 spiro atoms. The fourth-order valence-electron chi connectivity index (χ4n) is 2.22. The molecule has 0 saturated heterocycles. The van der Waals surface area contributed by atoms with Crippen LogP contribution in [0, 0.1) is 0 Å². The SMILES string of the molecule is COCC(=O)NCc1cc(=O)oc2ccc(C(C)(C)C)cc12. The van der Waals surface area contributed by atoms with Crippen LogP contribution in [0.4, 0.5) is 0 Å². The molecule has 0 fully saturated rings. The topological polar surface area (TPSA) is 68.5 Å². The smallest absolute Gasteiger partial charge is 0.336 e. The molecule has 1 heterocycles. The van der Waals surface area contributed by atoms with Crippen molar-refractivity contribution in [3.8, 4) is 0 Å². The molecule has 22 heavy (non-hydrogen) atoms. The number of nitrogens with one attached hydrogen (secondary N) is 1. The van der Waals surface area contributed by atoms with Gasteiger partial charge in [0, 0.05) is 25.1 Å². The lowest BCUT2D eigenvalue weighted by molar-refractivity contribution is -0.124. The van der Waals surface area contributed by atoms with Crippen molar-refractivity contribution < 1.29 is 13.9 Å². The summed E-state index contributed by atoms with van der Waals surface area (Å²) in [4.78, 5) is 23.2. The van der Waals surface area contributed by atoms with Gasteiger partial charge in [-0.25, -0.2) is 4.79 Å². The highest BCUT2D eigenvalue weighted by molar-refractivity contribution is 5.82. The molecule has 0 atom stereocenters. The maximum absolute atomic E-state index is 11.7. The van der Waals surface area contributed by atoms with Crippen LogP contribution in [-0.4, -0.2) is 19.6 Å². The molecule has 0 radical (unpaired) electrons. The highest BCUT2D eigenvalue weighted by Crippen LogP contribution is 2.27. The first kappa shape index (κ1) is 16.2. The lowest BCUT2D eigenvalue weighted by Crippen LogP contribution is -2.27. The molecular weight excluding hydrogens is 282 g/mol. The zero-order valence-electron chi connectivity index (χ0n) is 13.4. The van der Waals surface area contributed by atoms with Crippen molar-refractivity contribution in [3.63, 3.8) is 0 Å². The summed E-state index contributed by atoms with van der Waals surface area (Å²) in [6, 6.07) is 7.19. The van der Waals surface area contributed by atoms with E-state index >= 15 is 0 Å². The minimum absolute atomic E-state index is 0.00733. The normalized spacial score (nSPS) is 11.6. The Morgan fingerprint density at radius 2 is 2.00 bits per heavy atom. The summed E-state index contributed by atoms with van der Waals surface area (Å²) in [5, 5.41) is 3.57. The van der Waals surface area contributed by atoms with Crippen LogP contribution >= 0.6 is 0 Å². The summed E-state index contributed by atoms with van der Waals surface area (Å²) < 4.78 is 10.0. The van der Waals surface area contributed by atoms with Gasteiger partial charge in [-0.1, -0.05) is 26.8 Å². The Morgan fingerprint density at radius 1 is 1.27 bits per heavy atom. The molecular formula is C17H21NO4. The Hall–Kier alpha value is -2.14. The summed E-state index contributed by atoms with van der Waals surface area (Å²) in [5.41, 5.74) is 1.96. The lowest BCUT2D eigenvalue weighted by Gasteiger charge is -2.19. The van der Waals surface area contributed by atoms with Gasteiger partial charge in [-0.2, -0.15) is 0 Å². The Labute approximate surface area is 129 Å². The number of carbonyl (C=O) groups is 1. The summed E-state index contributed by atoms with van der Waals surface area (Å²) in [6.07, 6.45) is 0. The summed E-state index contributed by atoms with van der Waals surface area (Å²) in [7, 11) is 1.46. The van der Waals surface area contributed by atoms with Crippen LogP contribution in [0.2, 0.25) is 0 Å². The van der Waals surface area contributed by atoms with E-state index in [2.05, 4.69) is 26.1 Å². The van der Waals surface area contributed by atoms with Crippen molar-refractivity contribution in [2.24, 2.45) is 0 Å². The third-order valence-corrected chi connectivity index (χ3v) is 3.45. The Morgan fingerprint density at radius 3 is 2.64 bits per heavy atom. The van der Waals surface area contributed by atoms with E-state index in [0.717, 1.165) is 16.5 Å². The van der Waals surface area contributed by atoms with Gasteiger partial charge in [-0.05, 0) is 28.7 Å². The first-order valence-corrected chi connectivity index (χ1v) is 7.14. The second-order valence-electron chi connectivity index (χ2n) is 6.26. The van der Waals surface area contributed by atoms with E-state index in [4.69, 9.17) is 9.15 Å². The van der Waals surface area contributed by atoms with Gasteiger partial charge in [0.2, 0.25) is 5.91 Å². The van der Waals surface area contributed by atoms with E-state index < -0.39 is 5.63 Å². The van der Waals surface area contributed by atoms with E-state index in [9.17, 15) is 9.59 Å². The van der Waals surface area contributed by atoms with Crippen molar-refractivity contribution in [1.82, 2.24) is 5.32 Å². The van der Waals surface area contributed by atoms with E-state index in [-0.39, 0.29) is 24.5 Å². The zero-order chi connectivity index (χ0) is 16.3. The summed E-state index contributed by atoms with van der Waals surface area (Å²) >= 11 is 0. The maximum Gasteiger partial charge on any atom is 0.336 e. The number of fused-ring (bicyclic) bond motifs is 1. The fraction of sp³-hybridized carbons (Fsp3) is 0.412. The quantitative estimate of drug-likeness (QED) is 0.880. The van der Waals surface area contributed by atoms with E-state index in [1.165, 1.54) is 13.2 Å². The Kier molecular flexibility index (Phi) is 4.66. The number of hydrogen-bond donors (Lipinski definition) is 1. The molecule has 1 amide bonds. The number of rotatable bonds is 4. The summed E-state index contributed by atoms with van der Waals surface area (Å²) in [6.45, 7) is 6.61. The van der Waals surface area contributed by atoms with Gasteiger partial charge >= 0.3 is 5.63 Å². The molecule has 0 aliphatic heterocycles. The highest BCUT2D eigenvalue weighted by atomic mass is 16.5. The monoisotopic (exact) mass is 303 g/mol. The molecule has 0 bridgehead atoms. The fourth-order valence-corrected chi connectivity index (χ4v) is 2.22. The van der Waals surface area contributed by atoms with Crippen molar-refractivity contribution in [1.29, 1.82) is 0 Å². The third kappa shape index (κ3) is 3.74. The van der Waals surface area contributed by atoms with Gasteiger partial charge < -0.3 is 14.5 Å². The predicted octanol–water partition coefficient (Wildman–Crippen LogP) is 2.35. The highest BCUT2D eigenvalue weighted by Gasteiger charge is 2.16. The third-order valence-electron chi connectivity index (χ3n) is 3.45. The molecule has 5 nitrogen and oxygen atoms in total. The van der Waals surface area contributed by atoms with Gasteiger partial charge in [0.05, 0.1) is 0 Å². The molecule has 0 aliphatic carbocycles. The van der Waals surface area contributed by atoms with E-state index in [0.29, 0.717) is 5.58 Å². The molecule has 5 heteroatoms. The number of ether oxygens (including phenoxy) is 1. The van der Waals surface area contributed by atoms with Crippen LogP contribution < -0.4 is 10.9 Å².